The van der Waals surface area contributed by atoms with Crippen LogP contribution in [0.2, 0.25) is 5.02 Å². The van der Waals surface area contributed by atoms with Crippen LogP contribution in [0.15, 0.2) is 12.1 Å². The second kappa shape index (κ2) is 5.97. The van der Waals surface area contributed by atoms with Crippen LogP contribution in [0.25, 0.3) is 0 Å². The lowest BCUT2D eigenvalue weighted by atomic mass is 9.75. The van der Waals surface area contributed by atoms with Crippen molar-refractivity contribution in [2.45, 2.75) is 24.8 Å². The number of anilines is 1. The highest BCUT2D eigenvalue weighted by Crippen LogP contribution is 2.35. The molecule has 1 aliphatic rings. The highest BCUT2D eigenvalue weighted by atomic mass is 35.5. The van der Waals surface area contributed by atoms with E-state index in [4.69, 9.17) is 11.6 Å². The number of hydrogen-bond donors (Lipinski definition) is 2. The van der Waals surface area contributed by atoms with E-state index >= 15 is 0 Å². The maximum absolute atomic E-state index is 12.2. The molecule has 1 aliphatic carbocycles. The lowest BCUT2D eigenvalue weighted by Crippen LogP contribution is -2.57. The van der Waals surface area contributed by atoms with Crippen LogP contribution in [0.4, 0.5) is 5.82 Å². The SMILES string of the molecule is CNc1ccc(Cl)c(C(=O)NCC2(N(C)C)CCC2)n1. The number of amides is 1. The molecule has 0 unspecified atom stereocenters. The van der Waals surface area contributed by atoms with Gasteiger partial charge < -0.3 is 15.5 Å². The van der Waals surface area contributed by atoms with Crippen LogP contribution in [-0.4, -0.2) is 49.0 Å². The number of carbonyl (C=O) groups is 1. The maximum Gasteiger partial charge on any atom is 0.271 e. The van der Waals surface area contributed by atoms with Crippen molar-refractivity contribution in [1.29, 1.82) is 0 Å². The molecule has 0 atom stereocenters. The summed E-state index contributed by atoms with van der Waals surface area (Å²) in [6, 6.07) is 3.42. The molecule has 110 valence electrons. The molecule has 2 rings (SSSR count). The number of nitrogens with zero attached hydrogens (tertiary/aromatic N) is 2. The quantitative estimate of drug-likeness (QED) is 0.872. The molecule has 1 heterocycles. The third-order valence-electron chi connectivity index (χ3n) is 4.13. The molecule has 1 fully saturated rings. The first-order valence-electron chi connectivity index (χ1n) is 6.78. The lowest BCUT2D eigenvalue weighted by Gasteiger charge is -2.47. The highest BCUT2D eigenvalue weighted by molar-refractivity contribution is 6.33. The van der Waals surface area contributed by atoms with E-state index in [1.54, 1.807) is 19.2 Å². The predicted molar refractivity (Wildman–Crippen MR) is 81.4 cm³/mol. The van der Waals surface area contributed by atoms with Crippen molar-refractivity contribution >= 4 is 23.3 Å². The summed E-state index contributed by atoms with van der Waals surface area (Å²) in [5, 5.41) is 6.23. The summed E-state index contributed by atoms with van der Waals surface area (Å²) < 4.78 is 0. The second-order valence-electron chi connectivity index (χ2n) is 5.43. The largest absolute Gasteiger partial charge is 0.373 e. The Morgan fingerprint density at radius 2 is 2.15 bits per heavy atom. The van der Waals surface area contributed by atoms with E-state index in [0.29, 0.717) is 17.4 Å². The summed E-state index contributed by atoms with van der Waals surface area (Å²) in [5.41, 5.74) is 0.356. The minimum atomic E-state index is -0.222. The van der Waals surface area contributed by atoms with E-state index in [-0.39, 0.29) is 17.1 Å². The van der Waals surface area contributed by atoms with Crippen LogP contribution < -0.4 is 10.6 Å². The highest BCUT2D eigenvalue weighted by Gasteiger charge is 2.39. The number of hydrogen-bond acceptors (Lipinski definition) is 4. The average Bonchev–Trinajstić information content (AvgIpc) is 2.37. The van der Waals surface area contributed by atoms with E-state index in [2.05, 4.69) is 34.6 Å². The van der Waals surface area contributed by atoms with Gasteiger partial charge in [0.05, 0.1) is 5.02 Å². The number of carbonyl (C=O) groups excluding carboxylic acids is 1. The van der Waals surface area contributed by atoms with Crippen molar-refractivity contribution in [2.75, 3.05) is 33.0 Å². The molecule has 6 heteroatoms. The zero-order chi connectivity index (χ0) is 14.8. The number of rotatable bonds is 5. The molecule has 1 saturated carbocycles. The summed E-state index contributed by atoms with van der Waals surface area (Å²) in [4.78, 5) is 18.6. The van der Waals surface area contributed by atoms with Gasteiger partial charge in [-0.2, -0.15) is 0 Å². The summed E-state index contributed by atoms with van der Waals surface area (Å²) in [7, 11) is 5.86. The lowest BCUT2D eigenvalue weighted by molar-refractivity contribution is 0.0556. The molecule has 0 aromatic carbocycles. The Hall–Kier alpha value is -1.33. The van der Waals surface area contributed by atoms with E-state index in [1.165, 1.54) is 6.42 Å². The molecule has 0 spiro atoms. The Labute approximate surface area is 124 Å². The van der Waals surface area contributed by atoms with Gasteiger partial charge in [-0.3, -0.25) is 4.79 Å². The molecule has 2 N–H and O–H groups in total. The van der Waals surface area contributed by atoms with Gasteiger partial charge in [0.2, 0.25) is 0 Å². The molecule has 0 radical (unpaired) electrons. The topological polar surface area (TPSA) is 57.3 Å². The van der Waals surface area contributed by atoms with Gasteiger partial charge in [0.1, 0.15) is 11.5 Å². The number of nitrogens with one attached hydrogen (secondary N) is 2. The van der Waals surface area contributed by atoms with Gasteiger partial charge in [0.15, 0.2) is 0 Å². The van der Waals surface area contributed by atoms with Gasteiger partial charge in [-0.05, 0) is 45.5 Å². The van der Waals surface area contributed by atoms with E-state index < -0.39 is 0 Å². The van der Waals surface area contributed by atoms with Gasteiger partial charge in [0, 0.05) is 19.1 Å². The van der Waals surface area contributed by atoms with Crippen molar-refractivity contribution in [2.24, 2.45) is 0 Å². The number of pyridine rings is 1. The van der Waals surface area contributed by atoms with Crippen molar-refractivity contribution < 1.29 is 4.79 Å². The Kier molecular flexibility index (Phi) is 4.50. The third-order valence-corrected chi connectivity index (χ3v) is 4.43. The monoisotopic (exact) mass is 296 g/mol. The summed E-state index contributed by atoms with van der Waals surface area (Å²) in [6.45, 7) is 0.626. The Balaban J connectivity index is 2.05. The predicted octanol–water partition coefficient (Wildman–Crippen LogP) is 1.99. The fourth-order valence-corrected chi connectivity index (χ4v) is 2.63. The molecule has 1 aromatic heterocycles. The third kappa shape index (κ3) is 2.88. The first-order valence-corrected chi connectivity index (χ1v) is 7.16. The molecule has 1 aromatic rings. The summed E-state index contributed by atoms with van der Waals surface area (Å²) in [5.74, 6) is 0.408. The van der Waals surface area contributed by atoms with Crippen molar-refractivity contribution in [3.8, 4) is 0 Å². The normalized spacial score (nSPS) is 16.6. The van der Waals surface area contributed by atoms with E-state index in [1.807, 2.05) is 0 Å². The minimum absolute atomic E-state index is 0.0861. The van der Waals surface area contributed by atoms with Gasteiger partial charge in [-0.25, -0.2) is 4.98 Å². The molecule has 0 bridgehead atoms. The number of aromatic nitrogens is 1. The van der Waals surface area contributed by atoms with Crippen molar-refractivity contribution in [1.82, 2.24) is 15.2 Å². The second-order valence-corrected chi connectivity index (χ2v) is 5.84. The van der Waals surface area contributed by atoms with Crippen LogP contribution >= 0.6 is 11.6 Å². The minimum Gasteiger partial charge on any atom is -0.373 e. The summed E-state index contributed by atoms with van der Waals surface area (Å²) >= 11 is 6.05. The Morgan fingerprint density at radius 3 is 2.65 bits per heavy atom. The number of halogens is 1. The van der Waals surface area contributed by atoms with Crippen LogP contribution in [0.5, 0.6) is 0 Å². The molecule has 5 nitrogen and oxygen atoms in total. The maximum atomic E-state index is 12.2. The molecule has 20 heavy (non-hydrogen) atoms. The van der Waals surface area contributed by atoms with Crippen LogP contribution in [0.3, 0.4) is 0 Å². The molecule has 1 amide bonds. The van der Waals surface area contributed by atoms with Crippen molar-refractivity contribution in [3.63, 3.8) is 0 Å². The number of likely N-dealkylation sites (N-methyl/N-ethyl adjacent to an activating group) is 1. The fraction of sp³-hybridized carbons (Fsp3) is 0.571. The molecular weight excluding hydrogens is 276 g/mol. The van der Waals surface area contributed by atoms with Crippen molar-refractivity contribution in [3.05, 3.63) is 22.8 Å². The van der Waals surface area contributed by atoms with Gasteiger partial charge >= 0.3 is 0 Å². The van der Waals surface area contributed by atoms with E-state index in [9.17, 15) is 4.79 Å². The van der Waals surface area contributed by atoms with Crippen LogP contribution in [0.1, 0.15) is 29.8 Å². The van der Waals surface area contributed by atoms with Crippen LogP contribution in [0, 0.1) is 0 Å². The Bertz CT molecular complexity index is 500. The molecule has 0 saturated heterocycles. The van der Waals surface area contributed by atoms with Gasteiger partial charge in [-0.15, -0.1) is 0 Å². The first-order chi connectivity index (χ1) is 9.48. The average molecular weight is 297 g/mol. The molecule has 0 aliphatic heterocycles. The Morgan fingerprint density at radius 1 is 1.45 bits per heavy atom. The fourth-order valence-electron chi connectivity index (χ4n) is 2.44. The summed E-state index contributed by atoms with van der Waals surface area (Å²) in [6.07, 6.45) is 3.43. The first kappa shape index (κ1) is 15.1. The standard InChI is InChI=1S/C14H21ClN4O/c1-16-11-6-5-10(15)12(18-11)13(20)17-9-14(19(2)3)7-4-8-14/h5-6H,4,7-9H2,1-3H3,(H,16,18)(H,17,20). The molecular formula is C14H21ClN4O. The zero-order valence-electron chi connectivity index (χ0n) is 12.2. The zero-order valence-corrected chi connectivity index (χ0v) is 12.9. The smallest absolute Gasteiger partial charge is 0.271 e. The van der Waals surface area contributed by atoms with Gasteiger partial charge in [-0.1, -0.05) is 11.6 Å². The van der Waals surface area contributed by atoms with Crippen LogP contribution in [-0.2, 0) is 0 Å². The van der Waals surface area contributed by atoms with Gasteiger partial charge in [0.25, 0.3) is 5.91 Å². The van der Waals surface area contributed by atoms with E-state index in [0.717, 1.165) is 12.8 Å².